The fraction of sp³-hybridized carbons (Fsp3) is 0.429. The van der Waals surface area contributed by atoms with E-state index in [0.29, 0.717) is 28.5 Å². The Morgan fingerprint density at radius 1 is 1.35 bits per heavy atom. The van der Waals surface area contributed by atoms with E-state index in [-0.39, 0.29) is 11.7 Å². The molecule has 0 radical (unpaired) electrons. The van der Waals surface area contributed by atoms with Crippen LogP contribution in [-0.2, 0) is 18.4 Å². The van der Waals surface area contributed by atoms with Crippen molar-refractivity contribution in [2.75, 3.05) is 18.2 Å². The van der Waals surface area contributed by atoms with Crippen LogP contribution in [0.5, 0.6) is 5.88 Å². The Kier molecular flexibility index (Phi) is 5.52. The number of carbonyl (C=O) groups excluding carboxylic acids is 1. The van der Waals surface area contributed by atoms with E-state index >= 15 is 0 Å². The number of thioether (sulfide) groups is 1. The first-order chi connectivity index (χ1) is 12.5. The molecule has 0 atom stereocenters. The van der Waals surface area contributed by atoms with Crippen molar-refractivity contribution in [3.63, 3.8) is 0 Å². The smallest absolute Gasteiger partial charge is 0.243 e. The van der Waals surface area contributed by atoms with Gasteiger partial charge in [0.15, 0.2) is 11.0 Å². The Labute approximate surface area is 158 Å². The van der Waals surface area contributed by atoms with Crippen LogP contribution in [0, 0.1) is 6.92 Å². The summed E-state index contributed by atoms with van der Waals surface area (Å²) in [5.74, 6) is 1.16. The number of aromatic nitrogens is 7. The summed E-state index contributed by atoms with van der Waals surface area (Å²) in [4.78, 5) is 12.1. The van der Waals surface area contributed by atoms with Crippen LogP contribution in [0.3, 0.4) is 0 Å². The van der Waals surface area contributed by atoms with Gasteiger partial charge in [-0.1, -0.05) is 23.1 Å². The van der Waals surface area contributed by atoms with Gasteiger partial charge in [-0.15, -0.1) is 25.5 Å². The van der Waals surface area contributed by atoms with Gasteiger partial charge in [-0.3, -0.25) is 14.8 Å². The normalized spacial score (nSPS) is 10.9. The average molecular weight is 394 g/mol. The van der Waals surface area contributed by atoms with E-state index in [2.05, 4.69) is 30.8 Å². The Morgan fingerprint density at radius 3 is 2.81 bits per heavy atom. The Balaban J connectivity index is 1.73. The highest BCUT2D eigenvalue weighted by atomic mass is 32.2. The van der Waals surface area contributed by atoms with E-state index in [1.807, 2.05) is 31.7 Å². The maximum atomic E-state index is 12.1. The summed E-state index contributed by atoms with van der Waals surface area (Å²) in [7, 11) is 3.38. The van der Waals surface area contributed by atoms with Gasteiger partial charge >= 0.3 is 0 Å². The van der Waals surface area contributed by atoms with Crippen LogP contribution in [0.1, 0.15) is 11.9 Å². The molecule has 0 saturated carbocycles. The zero-order valence-corrected chi connectivity index (χ0v) is 16.4. The minimum absolute atomic E-state index is 0.169. The molecule has 0 aliphatic heterocycles. The van der Waals surface area contributed by atoms with Crippen LogP contribution < -0.4 is 10.1 Å². The molecule has 138 valence electrons. The fourth-order valence-corrected chi connectivity index (χ4v) is 3.69. The van der Waals surface area contributed by atoms with E-state index in [9.17, 15) is 4.79 Å². The minimum Gasteiger partial charge on any atom is -0.479 e. The number of nitrogens with one attached hydrogen (secondary N) is 1. The number of carbonyl (C=O) groups is 1. The van der Waals surface area contributed by atoms with Crippen molar-refractivity contribution in [3.8, 4) is 17.3 Å². The molecule has 0 unspecified atom stereocenters. The van der Waals surface area contributed by atoms with E-state index < -0.39 is 0 Å². The third-order valence-electron chi connectivity index (χ3n) is 3.37. The summed E-state index contributed by atoms with van der Waals surface area (Å²) in [5.41, 5.74) is 0.755. The van der Waals surface area contributed by atoms with Gasteiger partial charge in [0.2, 0.25) is 16.9 Å². The molecule has 0 aromatic carbocycles. The molecule has 12 heteroatoms. The molecule has 1 N–H and O–H groups in total. The van der Waals surface area contributed by atoms with Crippen molar-refractivity contribution in [1.29, 1.82) is 0 Å². The highest BCUT2D eigenvalue weighted by Gasteiger charge is 2.20. The molecule has 0 spiro atoms. The number of amides is 1. The zero-order valence-electron chi connectivity index (χ0n) is 14.8. The van der Waals surface area contributed by atoms with Crippen LogP contribution in [0.15, 0.2) is 11.4 Å². The number of nitrogens with zero attached hydrogens (tertiary/aromatic N) is 7. The maximum absolute atomic E-state index is 12.1. The van der Waals surface area contributed by atoms with Crippen molar-refractivity contribution in [3.05, 3.63) is 11.2 Å². The molecule has 3 heterocycles. The first-order valence-corrected chi connectivity index (χ1v) is 9.56. The van der Waals surface area contributed by atoms with Gasteiger partial charge in [0.05, 0.1) is 12.9 Å². The highest BCUT2D eigenvalue weighted by molar-refractivity contribution is 7.99. The molecule has 0 bridgehead atoms. The summed E-state index contributed by atoms with van der Waals surface area (Å²) < 4.78 is 8.88. The lowest BCUT2D eigenvalue weighted by Gasteiger charge is -2.06. The number of anilines is 1. The van der Waals surface area contributed by atoms with Crippen LogP contribution in [0.2, 0.25) is 0 Å². The van der Waals surface area contributed by atoms with Crippen LogP contribution in [0.4, 0.5) is 5.13 Å². The molecule has 10 nitrogen and oxygen atoms in total. The quantitative estimate of drug-likeness (QED) is 0.601. The lowest BCUT2D eigenvalue weighted by Crippen LogP contribution is -2.14. The van der Waals surface area contributed by atoms with Gasteiger partial charge < -0.3 is 9.30 Å². The third-order valence-corrected chi connectivity index (χ3v) is 5.09. The molecule has 0 aliphatic rings. The standard InChI is InChI=1S/C14H18N8O2S2/c1-5-22-11(9-6-21(3)20-12(9)24-4)17-19-14(22)25-7-10(23)15-13-18-16-8(2)26-13/h6H,5,7H2,1-4H3,(H,15,18,23). The van der Waals surface area contributed by atoms with Crippen molar-refractivity contribution >= 4 is 34.1 Å². The van der Waals surface area contributed by atoms with Gasteiger partial charge in [-0.05, 0) is 13.8 Å². The van der Waals surface area contributed by atoms with E-state index in [1.165, 1.54) is 23.1 Å². The fourth-order valence-electron chi connectivity index (χ4n) is 2.28. The summed E-state index contributed by atoms with van der Waals surface area (Å²) in [6, 6.07) is 0. The predicted molar refractivity (Wildman–Crippen MR) is 98.4 cm³/mol. The molecular weight excluding hydrogens is 376 g/mol. The molecule has 26 heavy (non-hydrogen) atoms. The van der Waals surface area contributed by atoms with Gasteiger partial charge in [0.25, 0.3) is 0 Å². The first-order valence-electron chi connectivity index (χ1n) is 7.75. The van der Waals surface area contributed by atoms with Gasteiger partial charge in [0.1, 0.15) is 10.6 Å². The Hall–Kier alpha value is -2.47. The Bertz CT molecular complexity index is 916. The topological polar surface area (TPSA) is 113 Å². The summed E-state index contributed by atoms with van der Waals surface area (Å²) >= 11 is 2.64. The zero-order chi connectivity index (χ0) is 18.7. The molecule has 3 aromatic rings. The van der Waals surface area contributed by atoms with Crippen molar-refractivity contribution in [1.82, 2.24) is 34.7 Å². The predicted octanol–water partition coefficient (Wildman–Crippen LogP) is 1.60. The summed E-state index contributed by atoms with van der Waals surface area (Å²) in [6.45, 7) is 4.48. The van der Waals surface area contributed by atoms with E-state index in [4.69, 9.17) is 4.74 Å². The van der Waals surface area contributed by atoms with Gasteiger partial charge in [-0.25, -0.2) is 0 Å². The summed E-state index contributed by atoms with van der Waals surface area (Å²) in [5, 5.41) is 25.1. The number of ether oxygens (including phenoxy) is 1. The van der Waals surface area contributed by atoms with Gasteiger partial charge in [-0.2, -0.15) is 0 Å². The molecule has 0 fully saturated rings. The maximum Gasteiger partial charge on any atom is 0.243 e. The van der Waals surface area contributed by atoms with Crippen LogP contribution in [-0.4, -0.2) is 53.5 Å². The van der Waals surface area contributed by atoms with Crippen molar-refractivity contribution in [2.24, 2.45) is 7.05 Å². The summed E-state index contributed by atoms with van der Waals surface area (Å²) in [6.07, 6.45) is 1.83. The number of rotatable bonds is 7. The van der Waals surface area contributed by atoms with Crippen LogP contribution >= 0.6 is 23.1 Å². The van der Waals surface area contributed by atoms with E-state index in [0.717, 1.165) is 10.6 Å². The third kappa shape index (κ3) is 3.85. The second-order valence-corrected chi connectivity index (χ2v) is 7.36. The van der Waals surface area contributed by atoms with E-state index in [1.54, 1.807) is 11.8 Å². The molecular formula is C14H18N8O2S2. The lowest BCUT2D eigenvalue weighted by molar-refractivity contribution is -0.113. The molecule has 3 aromatic heterocycles. The largest absolute Gasteiger partial charge is 0.479 e. The average Bonchev–Trinajstić information content (AvgIpc) is 3.30. The highest BCUT2D eigenvalue weighted by Crippen LogP contribution is 2.29. The second kappa shape index (κ2) is 7.83. The number of aryl methyl sites for hydroxylation is 2. The van der Waals surface area contributed by atoms with Crippen LogP contribution in [0.25, 0.3) is 11.4 Å². The monoisotopic (exact) mass is 394 g/mol. The van der Waals surface area contributed by atoms with Crippen molar-refractivity contribution < 1.29 is 9.53 Å². The minimum atomic E-state index is -0.169. The SMILES string of the molecule is CCn1c(SCC(=O)Nc2nnc(C)s2)nnc1-c1cn(C)nc1OC. The Morgan fingerprint density at radius 2 is 2.15 bits per heavy atom. The molecule has 1 amide bonds. The van der Waals surface area contributed by atoms with Gasteiger partial charge in [0, 0.05) is 19.8 Å². The lowest BCUT2D eigenvalue weighted by atomic mass is 10.3. The molecule has 3 rings (SSSR count). The second-order valence-electron chi connectivity index (χ2n) is 5.24. The molecule has 0 aliphatic carbocycles. The first kappa shape index (κ1) is 18.3. The van der Waals surface area contributed by atoms with Crippen molar-refractivity contribution in [2.45, 2.75) is 25.5 Å². The number of hydrogen-bond acceptors (Lipinski definition) is 9. The number of methoxy groups -OCH3 is 1. The number of hydrogen-bond donors (Lipinski definition) is 1. The molecule has 0 saturated heterocycles.